The van der Waals surface area contributed by atoms with Gasteiger partial charge in [-0.1, -0.05) is 34.6 Å². The highest BCUT2D eigenvalue weighted by Gasteiger charge is 2.26. The predicted molar refractivity (Wildman–Crippen MR) is 89.0 cm³/mol. The molecule has 0 amide bonds. The molecule has 2 aromatic heterocycles. The maximum absolute atomic E-state index is 4.88. The molecule has 0 saturated heterocycles. The molecule has 4 heteroatoms. The zero-order chi connectivity index (χ0) is 16.5. The van der Waals surface area contributed by atoms with E-state index in [1.165, 1.54) is 0 Å². The fourth-order valence-electron chi connectivity index (χ4n) is 2.88. The van der Waals surface area contributed by atoms with E-state index >= 15 is 0 Å². The van der Waals surface area contributed by atoms with Gasteiger partial charge in [-0.15, -0.1) is 0 Å². The Morgan fingerprint density at radius 1 is 0.909 bits per heavy atom. The van der Waals surface area contributed by atoms with Crippen LogP contribution in [0.5, 0.6) is 0 Å². The molecule has 0 unspecified atom stereocenters. The van der Waals surface area contributed by atoms with Crippen molar-refractivity contribution in [2.45, 2.75) is 65.7 Å². The van der Waals surface area contributed by atoms with Gasteiger partial charge in [0.1, 0.15) is 6.33 Å². The Hall–Kier alpha value is -1.84. The summed E-state index contributed by atoms with van der Waals surface area (Å²) in [5.41, 5.74) is 5.21. The Bertz CT molecular complexity index is 669. The number of nitrogens with zero attached hydrogens (tertiary/aromatic N) is 4. The fraction of sp³-hybridized carbons (Fsp3) is 0.556. The van der Waals surface area contributed by atoms with Crippen LogP contribution in [0.15, 0.2) is 18.7 Å². The standard InChI is InChI=1S/C18H26N4/c1-12-15(10-19-11-21-12)18(6,7)8-14-9-20-13(2)16(22-14)17(3,4)5/h9-11H,8H2,1-7H3. The van der Waals surface area contributed by atoms with Gasteiger partial charge in [-0.2, -0.15) is 0 Å². The molecule has 0 atom stereocenters. The van der Waals surface area contributed by atoms with Crippen molar-refractivity contribution < 1.29 is 0 Å². The smallest absolute Gasteiger partial charge is 0.115 e. The van der Waals surface area contributed by atoms with Crippen molar-refractivity contribution >= 4 is 0 Å². The van der Waals surface area contributed by atoms with E-state index in [4.69, 9.17) is 4.98 Å². The van der Waals surface area contributed by atoms with E-state index in [1.807, 2.05) is 26.2 Å². The van der Waals surface area contributed by atoms with Gasteiger partial charge in [0.25, 0.3) is 0 Å². The van der Waals surface area contributed by atoms with E-state index in [0.717, 1.165) is 34.8 Å². The lowest BCUT2D eigenvalue weighted by molar-refractivity contribution is 0.496. The van der Waals surface area contributed by atoms with Crippen LogP contribution >= 0.6 is 0 Å². The van der Waals surface area contributed by atoms with Crippen LogP contribution in [0.1, 0.15) is 63.0 Å². The zero-order valence-corrected chi connectivity index (χ0v) is 14.7. The molecule has 0 radical (unpaired) electrons. The molecule has 0 aromatic carbocycles. The van der Waals surface area contributed by atoms with Crippen molar-refractivity contribution in [1.29, 1.82) is 0 Å². The van der Waals surface area contributed by atoms with Gasteiger partial charge in [0.05, 0.1) is 17.1 Å². The van der Waals surface area contributed by atoms with Gasteiger partial charge in [0, 0.05) is 29.9 Å². The highest BCUT2D eigenvalue weighted by atomic mass is 14.8. The molecule has 0 spiro atoms. The summed E-state index contributed by atoms with van der Waals surface area (Å²) >= 11 is 0. The van der Waals surface area contributed by atoms with Crippen LogP contribution in [0.25, 0.3) is 0 Å². The molecule has 118 valence electrons. The van der Waals surface area contributed by atoms with Crippen molar-refractivity contribution in [1.82, 2.24) is 19.9 Å². The van der Waals surface area contributed by atoms with Gasteiger partial charge in [-0.25, -0.2) is 9.97 Å². The summed E-state index contributed by atoms with van der Waals surface area (Å²) < 4.78 is 0. The summed E-state index contributed by atoms with van der Waals surface area (Å²) in [6, 6.07) is 0. The summed E-state index contributed by atoms with van der Waals surface area (Å²) in [7, 11) is 0. The highest BCUT2D eigenvalue weighted by molar-refractivity contribution is 5.27. The largest absolute Gasteiger partial charge is 0.258 e. The van der Waals surface area contributed by atoms with Crippen LogP contribution in [0.3, 0.4) is 0 Å². The molecule has 2 aromatic rings. The van der Waals surface area contributed by atoms with Gasteiger partial charge < -0.3 is 0 Å². The van der Waals surface area contributed by atoms with Crippen LogP contribution in [-0.4, -0.2) is 19.9 Å². The predicted octanol–water partition coefficient (Wildman–Crippen LogP) is 3.70. The SMILES string of the molecule is Cc1ncncc1C(C)(C)Cc1cnc(C)c(C(C)(C)C)n1. The van der Waals surface area contributed by atoms with Crippen LogP contribution in [0, 0.1) is 13.8 Å². The number of aryl methyl sites for hydroxylation is 2. The molecule has 4 nitrogen and oxygen atoms in total. The second-order valence-corrected chi connectivity index (χ2v) is 7.63. The minimum absolute atomic E-state index is 0.00299. The molecular weight excluding hydrogens is 272 g/mol. The van der Waals surface area contributed by atoms with E-state index in [2.05, 4.69) is 49.6 Å². The average molecular weight is 298 g/mol. The number of rotatable bonds is 3. The molecule has 0 aliphatic rings. The molecule has 0 saturated carbocycles. The second kappa shape index (κ2) is 5.75. The quantitative estimate of drug-likeness (QED) is 0.867. The average Bonchev–Trinajstić information content (AvgIpc) is 2.39. The summed E-state index contributed by atoms with van der Waals surface area (Å²) in [5, 5.41) is 0. The van der Waals surface area contributed by atoms with Gasteiger partial charge in [0.15, 0.2) is 0 Å². The van der Waals surface area contributed by atoms with E-state index < -0.39 is 0 Å². The minimum atomic E-state index is -0.0789. The summed E-state index contributed by atoms with van der Waals surface area (Å²) in [6.07, 6.45) is 6.22. The van der Waals surface area contributed by atoms with E-state index in [-0.39, 0.29) is 10.8 Å². The summed E-state index contributed by atoms with van der Waals surface area (Å²) in [4.78, 5) is 17.9. The lowest BCUT2D eigenvalue weighted by Crippen LogP contribution is -2.25. The van der Waals surface area contributed by atoms with Crippen LogP contribution < -0.4 is 0 Å². The Kier molecular flexibility index (Phi) is 4.32. The Morgan fingerprint density at radius 2 is 1.59 bits per heavy atom. The summed E-state index contributed by atoms with van der Waals surface area (Å²) in [6.45, 7) is 15.0. The second-order valence-electron chi connectivity index (χ2n) is 7.63. The van der Waals surface area contributed by atoms with E-state index in [9.17, 15) is 0 Å². The third kappa shape index (κ3) is 3.49. The first-order valence-electron chi connectivity index (χ1n) is 7.71. The molecule has 0 aliphatic carbocycles. The van der Waals surface area contributed by atoms with E-state index in [0.29, 0.717) is 0 Å². The van der Waals surface area contributed by atoms with Crippen LogP contribution in [-0.2, 0) is 17.3 Å². The lowest BCUT2D eigenvalue weighted by Gasteiger charge is -2.27. The van der Waals surface area contributed by atoms with Gasteiger partial charge in [-0.05, 0) is 24.8 Å². The molecular formula is C18H26N4. The topological polar surface area (TPSA) is 51.6 Å². The maximum Gasteiger partial charge on any atom is 0.115 e. The molecule has 0 fully saturated rings. The highest BCUT2D eigenvalue weighted by Crippen LogP contribution is 2.29. The molecule has 0 aliphatic heterocycles. The first-order valence-corrected chi connectivity index (χ1v) is 7.71. The van der Waals surface area contributed by atoms with Gasteiger partial charge in [-0.3, -0.25) is 9.97 Å². The number of hydrogen-bond donors (Lipinski definition) is 0. The van der Waals surface area contributed by atoms with Crippen molar-refractivity contribution in [3.63, 3.8) is 0 Å². The fourth-order valence-corrected chi connectivity index (χ4v) is 2.88. The maximum atomic E-state index is 4.88. The Labute approximate surface area is 133 Å². The van der Waals surface area contributed by atoms with E-state index in [1.54, 1.807) is 6.33 Å². The summed E-state index contributed by atoms with van der Waals surface area (Å²) in [5.74, 6) is 0. The van der Waals surface area contributed by atoms with Crippen molar-refractivity contribution in [3.8, 4) is 0 Å². The number of aromatic nitrogens is 4. The Morgan fingerprint density at radius 3 is 2.18 bits per heavy atom. The molecule has 0 bridgehead atoms. The molecule has 2 rings (SSSR count). The lowest BCUT2D eigenvalue weighted by atomic mass is 9.80. The first-order chi connectivity index (χ1) is 10.1. The molecule has 2 heterocycles. The third-order valence-electron chi connectivity index (χ3n) is 3.98. The number of hydrogen-bond acceptors (Lipinski definition) is 4. The minimum Gasteiger partial charge on any atom is -0.258 e. The molecule has 22 heavy (non-hydrogen) atoms. The van der Waals surface area contributed by atoms with Gasteiger partial charge in [0.2, 0.25) is 0 Å². The zero-order valence-electron chi connectivity index (χ0n) is 14.7. The normalized spacial score (nSPS) is 12.5. The van der Waals surface area contributed by atoms with Crippen molar-refractivity contribution in [2.24, 2.45) is 0 Å². The van der Waals surface area contributed by atoms with Crippen molar-refractivity contribution in [2.75, 3.05) is 0 Å². The van der Waals surface area contributed by atoms with Crippen molar-refractivity contribution in [3.05, 3.63) is 47.1 Å². The monoisotopic (exact) mass is 298 g/mol. The van der Waals surface area contributed by atoms with Crippen LogP contribution in [0.2, 0.25) is 0 Å². The van der Waals surface area contributed by atoms with Crippen LogP contribution in [0.4, 0.5) is 0 Å². The third-order valence-corrected chi connectivity index (χ3v) is 3.98. The van der Waals surface area contributed by atoms with Gasteiger partial charge >= 0.3 is 0 Å². The first kappa shape index (κ1) is 16.5. The Balaban J connectivity index is 2.37. The molecule has 0 N–H and O–H groups in total.